The van der Waals surface area contributed by atoms with E-state index in [9.17, 15) is 9.18 Å². The van der Waals surface area contributed by atoms with Crippen molar-refractivity contribution >= 4 is 28.1 Å². The third-order valence-electron chi connectivity index (χ3n) is 5.12. The third-order valence-corrected chi connectivity index (χ3v) is 6.02. The van der Waals surface area contributed by atoms with Crippen molar-refractivity contribution in [1.29, 1.82) is 0 Å². The summed E-state index contributed by atoms with van der Waals surface area (Å²) in [5, 5.41) is 5.63. The van der Waals surface area contributed by atoms with E-state index in [-0.39, 0.29) is 17.8 Å². The quantitative estimate of drug-likeness (QED) is 0.688. The Morgan fingerprint density at radius 1 is 1.03 bits per heavy atom. The van der Waals surface area contributed by atoms with Crippen molar-refractivity contribution in [2.24, 2.45) is 0 Å². The molecule has 29 heavy (non-hydrogen) atoms. The number of rotatable bonds is 5. The van der Waals surface area contributed by atoms with Crippen LogP contribution in [0.5, 0.6) is 0 Å². The number of amides is 1. The third kappa shape index (κ3) is 4.40. The Bertz CT molecular complexity index is 970. The molecule has 0 saturated carbocycles. The Hall–Kier alpha value is -2.93. The van der Waals surface area contributed by atoms with Gasteiger partial charge in [-0.25, -0.2) is 9.37 Å². The summed E-state index contributed by atoms with van der Waals surface area (Å²) in [5.74, 6) is -0.365. The Labute approximate surface area is 173 Å². The van der Waals surface area contributed by atoms with E-state index in [2.05, 4.69) is 20.1 Å². The molecule has 1 aliphatic rings. The van der Waals surface area contributed by atoms with Gasteiger partial charge in [-0.05, 0) is 24.6 Å². The lowest BCUT2D eigenvalue weighted by atomic mass is 10.1. The minimum absolute atomic E-state index is 0.0850. The molecular formula is C22H23FN4OS. The fourth-order valence-electron chi connectivity index (χ4n) is 3.46. The molecule has 1 amide bonds. The normalized spacial score (nSPS) is 15.2. The van der Waals surface area contributed by atoms with Gasteiger partial charge in [0.1, 0.15) is 11.5 Å². The van der Waals surface area contributed by atoms with Gasteiger partial charge in [-0.3, -0.25) is 4.79 Å². The van der Waals surface area contributed by atoms with Gasteiger partial charge in [-0.1, -0.05) is 42.5 Å². The lowest BCUT2D eigenvalue weighted by Crippen LogP contribution is -2.46. The molecule has 1 N–H and O–H groups in total. The van der Waals surface area contributed by atoms with Gasteiger partial charge < -0.3 is 15.1 Å². The fourth-order valence-corrected chi connectivity index (χ4v) is 4.32. The summed E-state index contributed by atoms with van der Waals surface area (Å²) in [6.45, 7) is 4.87. The average Bonchev–Trinajstić information content (AvgIpc) is 3.25. The monoisotopic (exact) mass is 410 g/mol. The number of anilines is 2. The van der Waals surface area contributed by atoms with Gasteiger partial charge in [-0.2, -0.15) is 0 Å². The summed E-state index contributed by atoms with van der Waals surface area (Å²) in [7, 11) is 0. The van der Waals surface area contributed by atoms with Crippen molar-refractivity contribution in [2.45, 2.75) is 13.0 Å². The molecule has 2 heterocycles. The summed E-state index contributed by atoms with van der Waals surface area (Å²) in [6.07, 6.45) is 0. The average molecular weight is 411 g/mol. The number of benzene rings is 2. The molecule has 1 aromatic heterocycles. The zero-order valence-corrected chi connectivity index (χ0v) is 17.0. The van der Waals surface area contributed by atoms with Crippen molar-refractivity contribution in [3.8, 4) is 0 Å². The molecule has 150 valence electrons. The molecule has 0 spiro atoms. The number of hydrogen-bond donors (Lipinski definition) is 1. The number of carbonyl (C=O) groups excluding carboxylic acids is 1. The SMILES string of the molecule is C[C@H](NC(=O)c1csc(N2CCN(c3ccccc3F)CC2)n1)c1ccccc1. The molecule has 0 radical (unpaired) electrons. The number of halogens is 1. The summed E-state index contributed by atoms with van der Waals surface area (Å²) in [4.78, 5) is 21.3. The summed E-state index contributed by atoms with van der Waals surface area (Å²) < 4.78 is 14.0. The van der Waals surface area contributed by atoms with Crippen LogP contribution in [0.3, 0.4) is 0 Å². The minimum Gasteiger partial charge on any atom is -0.366 e. The van der Waals surface area contributed by atoms with Gasteiger partial charge in [0.2, 0.25) is 0 Å². The van der Waals surface area contributed by atoms with Gasteiger partial charge in [0.05, 0.1) is 11.7 Å². The number of piperazine rings is 1. The van der Waals surface area contributed by atoms with Crippen LogP contribution < -0.4 is 15.1 Å². The molecule has 2 aromatic carbocycles. The zero-order chi connectivity index (χ0) is 20.2. The standard InChI is InChI=1S/C22H23FN4OS/c1-16(17-7-3-2-4-8-17)24-21(28)19-15-29-22(25-19)27-13-11-26(12-14-27)20-10-6-5-9-18(20)23/h2-10,15-16H,11-14H2,1H3,(H,24,28)/t16-/m0/s1. The molecule has 7 heteroatoms. The second-order valence-electron chi connectivity index (χ2n) is 7.05. The van der Waals surface area contributed by atoms with Crippen LogP contribution in [0.4, 0.5) is 15.2 Å². The second-order valence-corrected chi connectivity index (χ2v) is 7.88. The molecule has 1 aliphatic heterocycles. The smallest absolute Gasteiger partial charge is 0.271 e. The van der Waals surface area contributed by atoms with Crippen LogP contribution in [-0.4, -0.2) is 37.1 Å². The molecule has 1 saturated heterocycles. The maximum Gasteiger partial charge on any atom is 0.271 e. The Morgan fingerprint density at radius 3 is 2.41 bits per heavy atom. The predicted molar refractivity (Wildman–Crippen MR) is 115 cm³/mol. The van der Waals surface area contributed by atoms with Crippen LogP contribution in [0, 0.1) is 5.82 Å². The van der Waals surface area contributed by atoms with E-state index in [0.29, 0.717) is 24.5 Å². The van der Waals surface area contributed by atoms with E-state index in [0.717, 1.165) is 23.8 Å². The lowest BCUT2D eigenvalue weighted by Gasteiger charge is -2.36. The largest absolute Gasteiger partial charge is 0.366 e. The van der Waals surface area contributed by atoms with E-state index < -0.39 is 0 Å². The second kappa shape index (κ2) is 8.61. The highest BCUT2D eigenvalue weighted by atomic mass is 32.1. The molecule has 0 unspecified atom stereocenters. The predicted octanol–water partition coefficient (Wildman–Crippen LogP) is 4.10. The first-order valence-electron chi connectivity index (χ1n) is 9.67. The van der Waals surface area contributed by atoms with Crippen molar-refractivity contribution in [3.05, 3.63) is 77.1 Å². The van der Waals surface area contributed by atoms with Crippen LogP contribution in [0.2, 0.25) is 0 Å². The zero-order valence-electron chi connectivity index (χ0n) is 16.2. The highest BCUT2D eigenvalue weighted by Crippen LogP contribution is 2.25. The number of carbonyl (C=O) groups is 1. The number of hydrogen-bond acceptors (Lipinski definition) is 5. The van der Waals surface area contributed by atoms with E-state index in [1.54, 1.807) is 11.4 Å². The van der Waals surface area contributed by atoms with Crippen molar-refractivity contribution in [3.63, 3.8) is 0 Å². The number of thiazole rings is 1. The summed E-state index contributed by atoms with van der Waals surface area (Å²) in [5.41, 5.74) is 2.13. The van der Waals surface area contributed by atoms with Crippen molar-refractivity contribution in [2.75, 3.05) is 36.0 Å². The fraction of sp³-hybridized carbons (Fsp3) is 0.273. The molecular weight excluding hydrogens is 387 g/mol. The minimum atomic E-state index is -0.193. The van der Waals surface area contributed by atoms with E-state index in [4.69, 9.17) is 0 Å². The molecule has 1 atom stereocenters. The van der Waals surface area contributed by atoms with E-state index in [1.807, 2.05) is 49.4 Å². The van der Waals surface area contributed by atoms with Gasteiger partial charge in [0, 0.05) is 31.6 Å². The topological polar surface area (TPSA) is 48.5 Å². The Kier molecular flexibility index (Phi) is 5.76. The lowest BCUT2D eigenvalue weighted by molar-refractivity contribution is 0.0935. The van der Waals surface area contributed by atoms with Crippen LogP contribution in [-0.2, 0) is 0 Å². The summed E-state index contributed by atoms with van der Waals surface area (Å²) in [6, 6.07) is 16.6. The molecule has 4 rings (SSSR count). The number of para-hydroxylation sites is 1. The highest BCUT2D eigenvalue weighted by Gasteiger charge is 2.22. The van der Waals surface area contributed by atoms with Crippen LogP contribution >= 0.6 is 11.3 Å². The van der Waals surface area contributed by atoms with Gasteiger partial charge >= 0.3 is 0 Å². The number of nitrogens with zero attached hydrogens (tertiary/aromatic N) is 3. The maximum absolute atomic E-state index is 14.0. The highest BCUT2D eigenvalue weighted by molar-refractivity contribution is 7.13. The van der Waals surface area contributed by atoms with Crippen LogP contribution in [0.15, 0.2) is 60.0 Å². The van der Waals surface area contributed by atoms with Crippen LogP contribution in [0.25, 0.3) is 0 Å². The van der Waals surface area contributed by atoms with Crippen molar-refractivity contribution in [1.82, 2.24) is 10.3 Å². The number of nitrogens with one attached hydrogen (secondary N) is 1. The molecule has 0 aliphatic carbocycles. The van der Waals surface area contributed by atoms with Crippen molar-refractivity contribution < 1.29 is 9.18 Å². The first-order valence-corrected chi connectivity index (χ1v) is 10.6. The Morgan fingerprint density at radius 2 is 1.69 bits per heavy atom. The Balaban J connectivity index is 1.36. The maximum atomic E-state index is 14.0. The van der Waals surface area contributed by atoms with Gasteiger partial charge in [-0.15, -0.1) is 11.3 Å². The molecule has 1 fully saturated rings. The molecule has 3 aromatic rings. The van der Waals surface area contributed by atoms with E-state index in [1.165, 1.54) is 17.4 Å². The molecule has 0 bridgehead atoms. The molecule has 5 nitrogen and oxygen atoms in total. The van der Waals surface area contributed by atoms with Gasteiger partial charge in [0.25, 0.3) is 5.91 Å². The number of aromatic nitrogens is 1. The summed E-state index contributed by atoms with van der Waals surface area (Å²) >= 11 is 1.47. The first-order chi connectivity index (χ1) is 14.1. The van der Waals surface area contributed by atoms with E-state index >= 15 is 0 Å². The van der Waals surface area contributed by atoms with Gasteiger partial charge in [0.15, 0.2) is 5.13 Å². The van der Waals surface area contributed by atoms with Crippen LogP contribution in [0.1, 0.15) is 29.0 Å². The first kappa shape index (κ1) is 19.4.